The van der Waals surface area contributed by atoms with Crippen LogP contribution < -0.4 is 10.2 Å². The first kappa shape index (κ1) is 18.0. The molecule has 0 saturated carbocycles. The smallest absolute Gasteiger partial charge is 0.240 e. The molecule has 0 fully saturated rings. The SMILES string of the molecule is Cc1ccccc1-c1cc2n(n1)CCC(=O)N2CC(=O)NCc1ccccc1. The van der Waals surface area contributed by atoms with Gasteiger partial charge in [0.25, 0.3) is 0 Å². The summed E-state index contributed by atoms with van der Waals surface area (Å²) in [6.07, 6.45) is 0.341. The van der Waals surface area contributed by atoms with Crippen molar-refractivity contribution in [3.63, 3.8) is 0 Å². The highest BCUT2D eigenvalue weighted by Crippen LogP contribution is 2.29. The minimum absolute atomic E-state index is 0.00935. The molecule has 0 unspecified atom stereocenters. The number of hydrogen-bond donors (Lipinski definition) is 1. The van der Waals surface area contributed by atoms with Crippen LogP contribution in [0.5, 0.6) is 0 Å². The van der Waals surface area contributed by atoms with Gasteiger partial charge in [0.2, 0.25) is 11.8 Å². The number of aryl methyl sites for hydroxylation is 2. The predicted octanol–water partition coefficient (Wildman–Crippen LogP) is 2.91. The van der Waals surface area contributed by atoms with Gasteiger partial charge in [-0.2, -0.15) is 5.10 Å². The van der Waals surface area contributed by atoms with Gasteiger partial charge in [0.15, 0.2) is 0 Å². The van der Waals surface area contributed by atoms with Gasteiger partial charge in [-0.25, -0.2) is 4.68 Å². The molecule has 4 rings (SSSR count). The molecule has 0 spiro atoms. The molecule has 6 heteroatoms. The molecule has 2 heterocycles. The van der Waals surface area contributed by atoms with Gasteiger partial charge < -0.3 is 5.32 Å². The third-order valence-corrected chi connectivity index (χ3v) is 4.93. The van der Waals surface area contributed by atoms with E-state index < -0.39 is 0 Å². The van der Waals surface area contributed by atoms with Crippen molar-refractivity contribution < 1.29 is 9.59 Å². The molecule has 0 saturated heterocycles. The van der Waals surface area contributed by atoms with E-state index in [-0.39, 0.29) is 18.4 Å². The van der Waals surface area contributed by atoms with Crippen molar-refractivity contribution >= 4 is 17.6 Å². The fourth-order valence-electron chi connectivity index (χ4n) is 3.41. The Morgan fingerprint density at radius 2 is 1.86 bits per heavy atom. The van der Waals surface area contributed by atoms with E-state index in [1.54, 1.807) is 0 Å². The molecule has 0 bridgehead atoms. The number of amides is 2. The number of benzene rings is 2. The number of carbonyl (C=O) groups excluding carboxylic acids is 2. The molecule has 1 aliphatic rings. The van der Waals surface area contributed by atoms with Crippen LogP contribution in [0.25, 0.3) is 11.3 Å². The number of rotatable bonds is 5. The Morgan fingerprint density at radius 1 is 1.11 bits per heavy atom. The zero-order valence-corrected chi connectivity index (χ0v) is 15.8. The third kappa shape index (κ3) is 3.67. The largest absolute Gasteiger partial charge is 0.350 e. The molecular formula is C22H22N4O2. The monoisotopic (exact) mass is 374 g/mol. The van der Waals surface area contributed by atoms with Gasteiger partial charge in [0, 0.05) is 24.6 Å². The van der Waals surface area contributed by atoms with Gasteiger partial charge in [-0.1, -0.05) is 54.6 Å². The number of nitrogens with zero attached hydrogens (tertiary/aromatic N) is 3. The van der Waals surface area contributed by atoms with Gasteiger partial charge >= 0.3 is 0 Å². The topological polar surface area (TPSA) is 67.2 Å². The van der Waals surface area contributed by atoms with Crippen LogP contribution in [0.15, 0.2) is 60.7 Å². The number of aromatic nitrogens is 2. The Hall–Kier alpha value is -3.41. The van der Waals surface area contributed by atoms with Crippen LogP contribution in [0.2, 0.25) is 0 Å². The molecular weight excluding hydrogens is 352 g/mol. The van der Waals surface area contributed by atoms with E-state index in [0.29, 0.717) is 25.3 Å². The summed E-state index contributed by atoms with van der Waals surface area (Å²) in [5.74, 6) is 0.423. The quantitative estimate of drug-likeness (QED) is 0.747. The van der Waals surface area contributed by atoms with Crippen LogP contribution in [0.4, 0.5) is 5.82 Å². The highest BCUT2D eigenvalue weighted by molar-refractivity contribution is 5.99. The number of hydrogen-bond acceptors (Lipinski definition) is 3. The summed E-state index contributed by atoms with van der Waals surface area (Å²) >= 11 is 0. The molecule has 1 aromatic heterocycles. The zero-order valence-electron chi connectivity index (χ0n) is 15.8. The molecule has 0 radical (unpaired) electrons. The molecule has 0 atom stereocenters. The number of fused-ring (bicyclic) bond motifs is 1. The lowest BCUT2D eigenvalue weighted by atomic mass is 10.1. The first-order chi connectivity index (χ1) is 13.6. The second kappa shape index (κ2) is 7.68. The summed E-state index contributed by atoms with van der Waals surface area (Å²) in [5, 5.41) is 7.54. The van der Waals surface area contributed by atoms with E-state index in [0.717, 1.165) is 22.4 Å². The number of nitrogens with one attached hydrogen (secondary N) is 1. The minimum Gasteiger partial charge on any atom is -0.350 e. The summed E-state index contributed by atoms with van der Waals surface area (Å²) in [5.41, 5.74) is 3.99. The Morgan fingerprint density at radius 3 is 2.64 bits per heavy atom. The molecule has 6 nitrogen and oxygen atoms in total. The number of anilines is 1. The van der Waals surface area contributed by atoms with Gasteiger partial charge in [-0.05, 0) is 18.1 Å². The van der Waals surface area contributed by atoms with E-state index in [1.807, 2.05) is 72.3 Å². The summed E-state index contributed by atoms with van der Waals surface area (Å²) < 4.78 is 1.81. The van der Waals surface area contributed by atoms with Crippen LogP contribution in [0, 0.1) is 6.92 Å². The molecule has 142 valence electrons. The lowest BCUT2D eigenvalue weighted by Gasteiger charge is -2.26. The summed E-state index contributed by atoms with van der Waals surface area (Å²) in [6, 6.07) is 19.6. The minimum atomic E-state index is -0.190. The second-order valence-corrected chi connectivity index (χ2v) is 6.92. The van der Waals surface area contributed by atoms with Crippen LogP contribution >= 0.6 is 0 Å². The van der Waals surface area contributed by atoms with Crippen molar-refractivity contribution in [3.05, 3.63) is 71.8 Å². The van der Waals surface area contributed by atoms with Gasteiger partial charge in [-0.15, -0.1) is 0 Å². The number of carbonyl (C=O) groups is 2. The van der Waals surface area contributed by atoms with Gasteiger partial charge in [-0.3, -0.25) is 14.5 Å². The van der Waals surface area contributed by atoms with E-state index in [4.69, 9.17) is 0 Å². The fraction of sp³-hybridized carbons (Fsp3) is 0.227. The summed E-state index contributed by atoms with van der Waals surface area (Å²) in [4.78, 5) is 26.4. The maximum absolute atomic E-state index is 12.5. The van der Waals surface area contributed by atoms with Gasteiger partial charge in [0.05, 0.1) is 12.2 Å². The Bertz CT molecular complexity index is 1010. The van der Waals surface area contributed by atoms with Crippen molar-refractivity contribution in [2.24, 2.45) is 0 Å². The maximum Gasteiger partial charge on any atom is 0.240 e. The Labute approximate surface area is 163 Å². The summed E-state index contributed by atoms with van der Waals surface area (Å²) in [6.45, 7) is 3.00. The highest BCUT2D eigenvalue weighted by Gasteiger charge is 2.28. The summed E-state index contributed by atoms with van der Waals surface area (Å²) in [7, 11) is 0. The average molecular weight is 374 g/mol. The molecule has 3 aromatic rings. The second-order valence-electron chi connectivity index (χ2n) is 6.92. The fourth-order valence-corrected chi connectivity index (χ4v) is 3.41. The van der Waals surface area contributed by atoms with E-state index in [1.165, 1.54) is 4.90 Å². The van der Waals surface area contributed by atoms with Crippen LogP contribution in [0.1, 0.15) is 17.5 Å². The third-order valence-electron chi connectivity index (χ3n) is 4.93. The average Bonchev–Trinajstić information content (AvgIpc) is 3.14. The van der Waals surface area contributed by atoms with Crippen molar-refractivity contribution in [2.45, 2.75) is 26.4 Å². The van der Waals surface area contributed by atoms with E-state index >= 15 is 0 Å². The molecule has 2 aromatic carbocycles. The lowest BCUT2D eigenvalue weighted by molar-refractivity contribution is -0.124. The first-order valence-electron chi connectivity index (χ1n) is 9.36. The van der Waals surface area contributed by atoms with E-state index in [2.05, 4.69) is 10.4 Å². The van der Waals surface area contributed by atoms with Crippen LogP contribution in [-0.2, 0) is 22.7 Å². The highest BCUT2D eigenvalue weighted by atomic mass is 16.2. The molecule has 28 heavy (non-hydrogen) atoms. The maximum atomic E-state index is 12.5. The molecule has 2 amide bonds. The van der Waals surface area contributed by atoms with Crippen molar-refractivity contribution in [2.75, 3.05) is 11.4 Å². The molecule has 1 N–H and O–H groups in total. The lowest BCUT2D eigenvalue weighted by Crippen LogP contribution is -2.44. The van der Waals surface area contributed by atoms with Crippen LogP contribution in [-0.4, -0.2) is 28.1 Å². The van der Waals surface area contributed by atoms with Crippen molar-refractivity contribution in [3.8, 4) is 11.3 Å². The van der Waals surface area contributed by atoms with E-state index in [9.17, 15) is 9.59 Å². The zero-order chi connectivity index (χ0) is 19.5. The standard InChI is InChI=1S/C22H22N4O2/c1-16-7-5-6-10-18(16)19-13-21-25(22(28)11-12-26(21)24-19)15-20(27)23-14-17-8-3-2-4-9-17/h2-10,13H,11-12,14-15H2,1H3,(H,23,27). The predicted molar refractivity (Wildman–Crippen MR) is 108 cm³/mol. The van der Waals surface area contributed by atoms with Gasteiger partial charge in [0.1, 0.15) is 12.4 Å². The van der Waals surface area contributed by atoms with Crippen molar-refractivity contribution in [1.29, 1.82) is 0 Å². The van der Waals surface area contributed by atoms with Crippen LogP contribution in [0.3, 0.4) is 0 Å². The molecule has 1 aliphatic heterocycles. The Balaban J connectivity index is 1.52. The van der Waals surface area contributed by atoms with Crippen molar-refractivity contribution in [1.82, 2.24) is 15.1 Å². The normalized spacial score (nSPS) is 13.3. The first-order valence-corrected chi connectivity index (χ1v) is 9.36. The Kier molecular flexibility index (Phi) is 4.93. The molecule has 0 aliphatic carbocycles.